The molecular formula is C28H37F3O4. The maximum Gasteiger partial charge on any atom is 0.391 e. The first kappa shape index (κ1) is 28.7. The molecule has 1 aromatic carbocycles. The molecule has 35 heavy (non-hydrogen) atoms. The normalized spacial score (nSPS) is 12.9. The van der Waals surface area contributed by atoms with Crippen LogP contribution in [0.1, 0.15) is 90.4 Å². The molecule has 0 fully saturated rings. The molecule has 194 valence electrons. The number of rotatable bonds is 16. The second-order valence-electron chi connectivity index (χ2n) is 9.02. The van der Waals surface area contributed by atoms with E-state index in [1.54, 1.807) is 12.1 Å². The van der Waals surface area contributed by atoms with Crippen molar-refractivity contribution in [3.05, 3.63) is 52.9 Å². The zero-order chi connectivity index (χ0) is 25.5. The third-order valence-electron chi connectivity index (χ3n) is 6.05. The molecule has 1 aromatic heterocycles. The van der Waals surface area contributed by atoms with Gasteiger partial charge in [-0.1, -0.05) is 57.6 Å². The predicted octanol–water partition coefficient (Wildman–Crippen LogP) is 8.52. The number of allylic oxidation sites excluding steroid dienone is 2. The van der Waals surface area contributed by atoms with Crippen LogP contribution < -0.4 is 10.4 Å². The summed E-state index contributed by atoms with van der Waals surface area (Å²) in [6, 6.07) is 7.36. The summed E-state index contributed by atoms with van der Waals surface area (Å²) in [7, 11) is 0. The van der Waals surface area contributed by atoms with E-state index in [1.807, 2.05) is 0 Å². The molecule has 0 aliphatic carbocycles. The fraction of sp³-hybridized carbons (Fsp3) is 0.571. The number of hydrogen-bond acceptors (Lipinski definition) is 4. The summed E-state index contributed by atoms with van der Waals surface area (Å²) in [6.07, 6.45) is 9.69. The van der Waals surface area contributed by atoms with Crippen LogP contribution in [0.15, 0.2) is 51.7 Å². The van der Waals surface area contributed by atoms with Crippen LogP contribution in [0.2, 0.25) is 0 Å². The molecule has 1 atom stereocenters. The number of fused-ring (bicyclic) bond motifs is 1. The van der Waals surface area contributed by atoms with Crippen molar-refractivity contribution in [2.75, 3.05) is 0 Å². The Hall–Kier alpha value is -2.57. The summed E-state index contributed by atoms with van der Waals surface area (Å²) in [5, 5.41) is 0.652. The molecule has 2 aromatic rings. The van der Waals surface area contributed by atoms with Gasteiger partial charge in [0.15, 0.2) is 0 Å². The number of ether oxygens (including phenoxy) is 1. The predicted molar refractivity (Wildman–Crippen MR) is 132 cm³/mol. The fourth-order valence-corrected chi connectivity index (χ4v) is 3.98. The Morgan fingerprint density at radius 1 is 0.943 bits per heavy atom. The summed E-state index contributed by atoms with van der Waals surface area (Å²) < 4.78 is 50.5. The highest BCUT2D eigenvalue weighted by Gasteiger charge is 2.38. The van der Waals surface area contributed by atoms with Crippen LogP contribution in [0.4, 0.5) is 13.2 Å². The molecule has 1 unspecified atom stereocenters. The lowest BCUT2D eigenvalue weighted by Crippen LogP contribution is -2.24. The maximum atomic E-state index is 13.4. The van der Waals surface area contributed by atoms with Crippen LogP contribution in [-0.4, -0.2) is 12.1 Å². The van der Waals surface area contributed by atoms with Crippen LogP contribution in [-0.2, 0) is 4.79 Å². The highest BCUT2D eigenvalue weighted by molar-refractivity contribution is 5.79. The topological polar surface area (TPSA) is 56.5 Å². The minimum Gasteiger partial charge on any atom is -0.426 e. The third kappa shape index (κ3) is 11.6. The Labute approximate surface area is 205 Å². The van der Waals surface area contributed by atoms with Gasteiger partial charge in [0.2, 0.25) is 0 Å². The van der Waals surface area contributed by atoms with Crippen molar-refractivity contribution < 1.29 is 27.1 Å². The molecule has 0 amide bonds. The summed E-state index contributed by atoms with van der Waals surface area (Å²) in [5.74, 6) is -2.14. The second-order valence-corrected chi connectivity index (χ2v) is 9.02. The standard InChI is InChI=1S/C28H37F3O4/c1-2-3-4-5-6-7-8-9-10-11-12-13-14-23(28(29,30)31)17-20-26(32)34-24-18-15-22-16-19-27(33)35-25(22)21-24/h9-10,15-16,18-19,21,23H,2-8,11-14,17,20H2,1H3. The number of benzene rings is 1. The SMILES string of the molecule is CCCCCCCCC=CCCCCC(CCC(=O)Oc1ccc2ccc(=O)oc2c1)C(F)(F)F. The lowest BCUT2D eigenvalue weighted by atomic mass is 9.95. The lowest BCUT2D eigenvalue weighted by molar-refractivity contribution is -0.179. The third-order valence-corrected chi connectivity index (χ3v) is 6.05. The minimum absolute atomic E-state index is 0.00315. The van der Waals surface area contributed by atoms with Gasteiger partial charge in [-0.15, -0.1) is 0 Å². The molecule has 1 heterocycles. The summed E-state index contributed by atoms with van der Waals surface area (Å²) in [6.45, 7) is 2.20. The van der Waals surface area contributed by atoms with Gasteiger partial charge in [-0.2, -0.15) is 13.2 Å². The number of halogens is 3. The van der Waals surface area contributed by atoms with Gasteiger partial charge in [-0.05, 0) is 56.7 Å². The Bertz CT molecular complexity index is 978. The van der Waals surface area contributed by atoms with E-state index in [0.29, 0.717) is 18.2 Å². The molecule has 0 spiro atoms. The molecule has 0 saturated carbocycles. The molecule has 0 aliphatic heterocycles. The van der Waals surface area contributed by atoms with Crippen LogP contribution in [0.5, 0.6) is 5.75 Å². The first-order valence-corrected chi connectivity index (χ1v) is 12.8. The molecular weight excluding hydrogens is 457 g/mol. The zero-order valence-electron chi connectivity index (χ0n) is 20.6. The van der Waals surface area contributed by atoms with Gasteiger partial charge in [0.05, 0.1) is 5.92 Å². The van der Waals surface area contributed by atoms with Gasteiger partial charge in [0.25, 0.3) is 0 Å². The van der Waals surface area contributed by atoms with E-state index in [-0.39, 0.29) is 30.6 Å². The van der Waals surface area contributed by atoms with Gasteiger partial charge in [-0.25, -0.2) is 4.79 Å². The Balaban J connectivity index is 1.68. The quantitative estimate of drug-likeness (QED) is 0.0771. The van der Waals surface area contributed by atoms with E-state index < -0.39 is 23.7 Å². The fourth-order valence-electron chi connectivity index (χ4n) is 3.98. The number of hydrogen-bond donors (Lipinski definition) is 0. The molecule has 7 heteroatoms. The van der Waals surface area contributed by atoms with Crippen molar-refractivity contribution in [2.24, 2.45) is 5.92 Å². The number of carbonyl (C=O) groups is 1. The molecule has 0 bridgehead atoms. The van der Waals surface area contributed by atoms with E-state index in [0.717, 1.165) is 12.8 Å². The van der Waals surface area contributed by atoms with Crippen molar-refractivity contribution in [3.8, 4) is 5.75 Å². The maximum absolute atomic E-state index is 13.4. The lowest BCUT2D eigenvalue weighted by Gasteiger charge is -2.19. The van der Waals surface area contributed by atoms with Crippen LogP contribution in [0, 0.1) is 5.92 Å². The van der Waals surface area contributed by atoms with Crippen LogP contribution >= 0.6 is 0 Å². The Morgan fingerprint density at radius 2 is 1.60 bits per heavy atom. The summed E-state index contributed by atoms with van der Waals surface area (Å²) >= 11 is 0. The molecule has 4 nitrogen and oxygen atoms in total. The first-order chi connectivity index (χ1) is 16.8. The van der Waals surface area contributed by atoms with Crippen LogP contribution in [0.3, 0.4) is 0 Å². The monoisotopic (exact) mass is 494 g/mol. The van der Waals surface area contributed by atoms with E-state index in [1.165, 1.54) is 56.7 Å². The van der Waals surface area contributed by atoms with Gasteiger partial charge in [0, 0.05) is 23.9 Å². The largest absolute Gasteiger partial charge is 0.426 e. The van der Waals surface area contributed by atoms with Gasteiger partial charge in [-0.3, -0.25) is 4.79 Å². The molecule has 2 rings (SSSR count). The first-order valence-electron chi connectivity index (χ1n) is 12.8. The van der Waals surface area contributed by atoms with Gasteiger partial charge < -0.3 is 9.15 Å². The van der Waals surface area contributed by atoms with E-state index in [4.69, 9.17) is 9.15 Å². The minimum atomic E-state index is -4.35. The van der Waals surface area contributed by atoms with E-state index >= 15 is 0 Å². The molecule has 0 saturated heterocycles. The number of carbonyl (C=O) groups excluding carboxylic acids is 1. The van der Waals surface area contributed by atoms with Crippen molar-refractivity contribution >= 4 is 16.9 Å². The highest BCUT2D eigenvalue weighted by atomic mass is 19.4. The van der Waals surface area contributed by atoms with Crippen molar-refractivity contribution in [1.29, 1.82) is 0 Å². The Kier molecular flexibility index (Phi) is 12.6. The van der Waals surface area contributed by atoms with Crippen molar-refractivity contribution in [2.45, 2.75) is 96.6 Å². The molecule has 0 aliphatic rings. The zero-order valence-corrected chi connectivity index (χ0v) is 20.6. The Morgan fingerprint density at radius 3 is 2.31 bits per heavy atom. The van der Waals surface area contributed by atoms with Gasteiger partial charge in [0.1, 0.15) is 11.3 Å². The second kappa shape index (κ2) is 15.4. The van der Waals surface area contributed by atoms with Crippen LogP contribution in [0.25, 0.3) is 11.0 Å². The average Bonchev–Trinajstić information content (AvgIpc) is 2.80. The number of esters is 1. The van der Waals surface area contributed by atoms with Gasteiger partial charge >= 0.3 is 17.8 Å². The summed E-state index contributed by atoms with van der Waals surface area (Å²) in [4.78, 5) is 23.5. The van der Waals surface area contributed by atoms with Crippen molar-refractivity contribution in [3.63, 3.8) is 0 Å². The van der Waals surface area contributed by atoms with Crippen molar-refractivity contribution in [1.82, 2.24) is 0 Å². The number of unbranched alkanes of at least 4 members (excludes halogenated alkanes) is 8. The summed E-state index contributed by atoms with van der Waals surface area (Å²) in [5.41, 5.74) is -0.292. The average molecular weight is 495 g/mol. The van der Waals surface area contributed by atoms with E-state index in [2.05, 4.69) is 19.1 Å². The highest BCUT2D eigenvalue weighted by Crippen LogP contribution is 2.34. The smallest absolute Gasteiger partial charge is 0.391 e. The molecule has 0 N–H and O–H groups in total. The van der Waals surface area contributed by atoms with E-state index in [9.17, 15) is 22.8 Å². The molecule has 0 radical (unpaired) electrons. The number of alkyl halides is 3.